The first-order chi connectivity index (χ1) is 4.92. The summed E-state index contributed by atoms with van der Waals surface area (Å²) in [5.74, 6) is 0. The summed E-state index contributed by atoms with van der Waals surface area (Å²) in [4.78, 5) is 0. The second-order valence-electron chi connectivity index (χ2n) is 2.78. The normalized spacial score (nSPS) is 13.1. The average molecular weight is 388 g/mol. The van der Waals surface area contributed by atoms with Crippen molar-refractivity contribution >= 4 is 0 Å². The van der Waals surface area contributed by atoms with Crippen molar-refractivity contribution in [2.45, 2.75) is 32.6 Å². The monoisotopic (exact) mass is 388 g/mol. The number of rotatable bonds is 1. The van der Waals surface area contributed by atoms with Crippen molar-refractivity contribution < 1.29 is 31.1 Å². The van der Waals surface area contributed by atoms with Crippen LogP contribution in [0.25, 0.3) is 0 Å². The van der Waals surface area contributed by atoms with Crippen LogP contribution in [0.4, 0.5) is 0 Å². The molecule has 1 aromatic heterocycles. The summed E-state index contributed by atoms with van der Waals surface area (Å²) in [6.07, 6.45) is 4.70. The maximum atomic E-state index is 4.12. The molecule has 2 nitrogen and oxygen atoms in total. The van der Waals surface area contributed by atoms with Gasteiger partial charge in [-0.05, 0) is 24.8 Å². The van der Waals surface area contributed by atoms with Gasteiger partial charge in [0.1, 0.15) is 0 Å². The largest absolute Gasteiger partial charge is 2.00 e. The molecule has 0 atom stereocenters. The van der Waals surface area contributed by atoms with Gasteiger partial charge in [0.15, 0.2) is 0 Å². The summed E-state index contributed by atoms with van der Waals surface area (Å²) in [7, 11) is 0. The molecule has 3 heteroatoms. The van der Waals surface area contributed by atoms with Crippen LogP contribution in [0.3, 0.4) is 0 Å². The summed E-state index contributed by atoms with van der Waals surface area (Å²) in [5, 5.41) is 8.22. The molecule has 0 N–H and O–H groups in total. The Morgan fingerprint density at radius 1 is 1.42 bits per heavy atom. The molecule has 2 rings (SSSR count). The molecule has 1 heterocycles. The maximum absolute atomic E-state index is 4.12. The van der Waals surface area contributed by atoms with Crippen molar-refractivity contribution in [2.75, 3.05) is 0 Å². The van der Waals surface area contributed by atoms with Crippen molar-refractivity contribution in [3.63, 3.8) is 0 Å². The number of nitrogens with zero attached hydrogens (tertiary/aromatic N) is 2. The van der Waals surface area contributed by atoms with Crippen molar-refractivity contribution in [2.24, 2.45) is 0 Å². The van der Waals surface area contributed by atoms with E-state index in [4.69, 9.17) is 0 Å². The number of aryl methyl sites for hydroxylation is 2. The van der Waals surface area contributed by atoms with Gasteiger partial charge in [-0.25, -0.2) is 0 Å². The van der Waals surface area contributed by atoms with Crippen LogP contribution in [-0.4, -0.2) is 5.10 Å². The fourth-order valence-electron chi connectivity index (χ4n) is 1.61. The number of fused-ring (bicyclic) bond motifs is 1. The maximum Gasteiger partial charge on any atom is 2.00 e. The van der Waals surface area contributed by atoms with E-state index in [9.17, 15) is 0 Å². The minimum Gasteiger partial charge on any atom is -0.578 e. The molecule has 0 fully saturated rings. The predicted octanol–water partition coefficient (Wildman–Crippen LogP) is 1.54. The van der Waals surface area contributed by atoms with E-state index in [0.29, 0.717) is 0 Å². The molecule has 0 amide bonds. The zero-order valence-corrected chi connectivity index (χ0v) is 11.9. The van der Waals surface area contributed by atoms with Gasteiger partial charge in [-0.2, -0.15) is 0 Å². The van der Waals surface area contributed by atoms with E-state index in [1.54, 1.807) is 0 Å². The third kappa shape index (κ3) is 1.95. The summed E-state index contributed by atoms with van der Waals surface area (Å²) in [6, 6.07) is 0. The van der Waals surface area contributed by atoms with Crippen molar-refractivity contribution in [1.29, 1.82) is 0 Å². The van der Waals surface area contributed by atoms with Crippen LogP contribution in [0.2, 0.25) is 0 Å². The first kappa shape index (κ1) is 12.3. The Labute approximate surface area is 97.9 Å². The van der Waals surface area contributed by atoms with Crippen LogP contribution in [0.1, 0.15) is 30.3 Å². The van der Waals surface area contributed by atoms with Gasteiger partial charge in [-0.3, -0.25) is 0 Å². The fraction of sp³-hybridized carbons (Fsp3) is 0.556. The first-order valence-electron chi connectivity index (χ1n) is 3.91. The summed E-state index contributed by atoms with van der Waals surface area (Å²) in [6.45, 7) is 2.14. The smallest absolute Gasteiger partial charge is 0.578 e. The Morgan fingerprint density at radius 2 is 2.17 bits per heavy atom. The van der Waals surface area contributed by atoms with Gasteiger partial charge in [0, 0.05) is 5.69 Å². The van der Waals surface area contributed by atoms with E-state index in [0.717, 1.165) is 12.8 Å². The molecule has 0 saturated heterocycles. The standard InChI is InChI=1S/C8H11N2.CH3.U/c1-2-7-6-4-3-5-8(6)10-9-7;;/h2-5H2,1H3;1H3;/q2*-1;+2. The number of aromatic nitrogens is 2. The molecule has 0 saturated carbocycles. The van der Waals surface area contributed by atoms with Crippen LogP contribution < -0.4 is 5.10 Å². The van der Waals surface area contributed by atoms with Crippen LogP contribution in [0, 0.1) is 38.5 Å². The van der Waals surface area contributed by atoms with Crippen molar-refractivity contribution in [3.8, 4) is 0 Å². The van der Waals surface area contributed by atoms with E-state index in [-0.39, 0.29) is 38.5 Å². The molecule has 12 heavy (non-hydrogen) atoms. The van der Waals surface area contributed by atoms with Gasteiger partial charge in [0.05, 0.1) is 0 Å². The average Bonchev–Trinajstić information content (AvgIpc) is 2.44. The van der Waals surface area contributed by atoms with Crippen LogP contribution in [0.15, 0.2) is 0 Å². The molecular formula is C9H14N2U. The number of hydrogen-bond acceptors (Lipinski definition) is 1. The minimum atomic E-state index is 0. The quantitative estimate of drug-likeness (QED) is 0.683. The van der Waals surface area contributed by atoms with E-state index in [1.165, 1.54) is 29.8 Å². The van der Waals surface area contributed by atoms with Crippen LogP contribution in [0.5, 0.6) is 0 Å². The second kappa shape index (κ2) is 5.09. The molecule has 0 radical (unpaired) electrons. The van der Waals surface area contributed by atoms with Gasteiger partial charge < -0.3 is 17.6 Å². The predicted molar refractivity (Wildman–Crippen MR) is 45.4 cm³/mol. The molecule has 0 unspecified atom stereocenters. The molecule has 1 aliphatic carbocycles. The summed E-state index contributed by atoms with van der Waals surface area (Å²) >= 11 is 0. The van der Waals surface area contributed by atoms with Gasteiger partial charge in [0.2, 0.25) is 0 Å². The molecular weight excluding hydrogens is 374 g/mol. The second-order valence-corrected chi connectivity index (χ2v) is 2.78. The van der Waals surface area contributed by atoms with E-state index in [1.807, 2.05) is 0 Å². The molecule has 0 bridgehead atoms. The molecule has 0 aromatic carbocycles. The van der Waals surface area contributed by atoms with Gasteiger partial charge in [0.25, 0.3) is 0 Å². The fourth-order valence-corrected chi connectivity index (χ4v) is 1.61. The molecule has 0 spiro atoms. The summed E-state index contributed by atoms with van der Waals surface area (Å²) < 4.78 is 0. The molecule has 1 aliphatic rings. The topological polar surface area (TPSA) is 27.0 Å². The Bertz CT molecular complexity index is 243. The zero-order chi connectivity index (χ0) is 6.97. The molecule has 64 valence electrons. The Morgan fingerprint density at radius 3 is 2.83 bits per heavy atom. The number of hydrogen-bond donors (Lipinski definition) is 0. The minimum absolute atomic E-state index is 0. The van der Waals surface area contributed by atoms with Crippen LogP contribution >= 0.6 is 0 Å². The van der Waals surface area contributed by atoms with Gasteiger partial charge >= 0.3 is 31.1 Å². The SMILES string of the molecule is CCc1[n-]nc2c1CCC2.[CH3-].[U+2]. The van der Waals surface area contributed by atoms with E-state index in [2.05, 4.69) is 17.1 Å². The van der Waals surface area contributed by atoms with E-state index < -0.39 is 0 Å². The Hall–Kier alpha value is 0.262. The van der Waals surface area contributed by atoms with E-state index >= 15 is 0 Å². The third-order valence-corrected chi connectivity index (χ3v) is 2.16. The molecule has 0 aliphatic heterocycles. The van der Waals surface area contributed by atoms with Crippen molar-refractivity contribution in [3.05, 3.63) is 24.4 Å². The summed E-state index contributed by atoms with van der Waals surface area (Å²) in [5.41, 5.74) is 3.94. The van der Waals surface area contributed by atoms with Gasteiger partial charge in [-0.1, -0.05) is 13.3 Å². The first-order valence-corrected chi connectivity index (χ1v) is 3.91. The Kier molecular flexibility index (Phi) is 5.20. The molecule has 1 aromatic rings. The Balaban J connectivity index is 0.000000605. The zero-order valence-electron chi connectivity index (χ0n) is 7.72. The third-order valence-electron chi connectivity index (χ3n) is 2.16. The van der Waals surface area contributed by atoms with Crippen LogP contribution in [-0.2, 0) is 19.3 Å². The van der Waals surface area contributed by atoms with Crippen molar-refractivity contribution in [1.82, 2.24) is 10.2 Å². The van der Waals surface area contributed by atoms with Gasteiger partial charge in [-0.15, -0.1) is 5.69 Å².